The van der Waals surface area contributed by atoms with Crippen LogP contribution in [0.5, 0.6) is 0 Å². The Bertz CT molecular complexity index is 1390. The number of rotatable bonds is 4. The van der Waals surface area contributed by atoms with Crippen molar-refractivity contribution >= 4 is 45.5 Å². The van der Waals surface area contributed by atoms with Crippen molar-refractivity contribution in [2.45, 2.75) is 44.4 Å². The first kappa shape index (κ1) is 26.1. The van der Waals surface area contributed by atoms with Gasteiger partial charge in [0.15, 0.2) is 0 Å². The zero-order valence-corrected chi connectivity index (χ0v) is 21.1. The Morgan fingerprint density at radius 1 is 1.11 bits per heavy atom. The van der Waals surface area contributed by atoms with Gasteiger partial charge in [0.2, 0.25) is 11.8 Å². The zero-order chi connectivity index (χ0) is 27.0. The number of likely N-dealkylation sites (tertiary alicyclic amines) is 1. The number of fused-ring (bicyclic) bond motifs is 2. The Labute approximate surface area is 220 Å². The molecular formula is C26H25F3N4O4S. The quantitative estimate of drug-likeness (QED) is 0.376. The lowest BCUT2D eigenvalue weighted by Gasteiger charge is -2.44. The van der Waals surface area contributed by atoms with Crippen LogP contribution in [0.15, 0.2) is 30.5 Å². The van der Waals surface area contributed by atoms with Crippen LogP contribution in [0.3, 0.4) is 0 Å². The minimum atomic E-state index is -4.45. The lowest BCUT2D eigenvalue weighted by Crippen LogP contribution is -2.58. The smallest absolute Gasteiger partial charge is 0.416 e. The zero-order valence-electron chi connectivity index (χ0n) is 20.3. The maximum atomic E-state index is 13.9. The SMILES string of the molecule is O=C1CCC(=O)N1Cc1cc2nccc(-c3cc(C(F)(F)F)cc4c3N(C3CNC3)CCC4)c2s1.O=CO. The number of halogens is 3. The van der Waals surface area contributed by atoms with E-state index in [-0.39, 0.29) is 43.7 Å². The molecule has 2 amide bonds. The molecule has 5 heterocycles. The summed E-state index contributed by atoms with van der Waals surface area (Å²) in [4.78, 5) is 41.3. The van der Waals surface area contributed by atoms with Gasteiger partial charge in [-0.3, -0.25) is 24.3 Å². The third-order valence-corrected chi connectivity index (χ3v) is 8.21. The monoisotopic (exact) mass is 546 g/mol. The van der Waals surface area contributed by atoms with E-state index in [1.54, 1.807) is 12.3 Å². The van der Waals surface area contributed by atoms with Gasteiger partial charge in [-0.2, -0.15) is 13.2 Å². The first-order chi connectivity index (χ1) is 18.2. The molecule has 2 N–H and O–H groups in total. The number of aromatic nitrogens is 1. The molecule has 0 aliphatic carbocycles. The molecule has 0 radical (unpaired) electrons. The second-order valence-corrected chi connectivity index (χ2v) is 10.5. The summed E-state index contributed by atoms with van der Waals surface area (Å²) in [5.74, 6) is -0.394. The number of hydrogen-bond acceptors (Lipinski definition) is 7. The Morgan fingerprint density at radius 2 is 1.82 bits per heavy atom. The third-order valence-electron chi connectivity index (χ3n) is 7.07. The number of carboxylic acid groups (broad SMARTS) is 1. The van der Waals surface area contributed by atoms with E-state index in [2.05, 4.69) is 15.2 Å². The first-order valence-corrected chi connectivity index (χ1v) is 13.0. The number of benzene rings is 1. The second-order valence-electron chi connectivity index (χ2n) is 9.40. The lowest BCUT2D eigenvalue weighted by atomic mass is 9.90. The van der Waals surface area contributed by atoms with Crippen molar-refractivity contribution in [2.75, 3.05) is 24.5 Å². The maximum absolute atomic E-state index is 13.9. The molecule has 3 aliphatic heterocycles. The van der Waals surface area contributed by atoms with Crippen LogP contribution >= 0.6 is 11.3 Å². The summed E-state index contributed by atoms with van der Waals surface area (Å²) >= 11 is 1.38. The molecule has 2 fully saturated rings. The third kappa shape index (κ3) is 4.85. The van der Waals surface area contributed by atoms with Gasteiger partial charge in [0, 0.05) is 60.4 Å². The van der Waals surface area contributed by atoms with Crippen molar-refractivity contribution in [1.29, 1.82) is 0 Å². The molecular weight excluding hydrogens is 521 g/mol. The van der Waals surface area contributed by atoms with E-state index < -0.39 is 11.7 Å². The highest BCUT2D eigenvalue weighted by Gasteiger charge is 2.36. The molecule has 0 spiro atoms. The van der Waals surface area contributed by atoms with Gasteiger partial charge in [0.05, 0.1) is 28.4 Å². The molecule has 0 atom stereocenters. The van der Waals surface area contributed by atoms with E-state index in [9.17, 15) is 22.8 Å². The van der Waals surface area contributed by atoms with Crippen molar-refractivity contribution in [3.8, 4) is 11.1 Å². The van der Waals surface area contributed by atoms with Crippen molar-refractivity contribution in [1.82, 2.24) is 15.2 Å². The van der Waals surface area contributed by atoms with Gasteiger partial charge in [-0.1, -0.05) is 0 Å². The number of alkyl halides is 3. The molecule has 1 aromatic carbocycles. The van der Waals surface area contributed by atoms with Gasteiger partial charge in [-0.25, -0.2) is 0 Å². The number of nitrogens with one attached hydrogen (secondary N) is 1. The highest BCUT2D eigenvalue weighted by atomic mass is 32.1. The Morgan fingerprint density at radius 3 is 2.45 bits per heavy atom. The number of hydrogen-bond donors (Lipinski definition) is 2. The molecule has 2 saturated heterocycles. The highest BCUT2D eigenvalue weighted by Crippen LogP contribution is 2.46. The van der Waals surface area contributed by atoms with Crippen molar-refractivity contribution in [3.05, 3.63) is 46.5 Å². The fourth-order valence-corrected chi connectivity index (χ4v) is 6.37. The molecule has 6 rings (SSSR count). The van der Waals surface area contributed by atoms with Crippen molar-refractivity contribution < 1.29 is 32.7 Å². The molecule has 3 aliphatic rings. The summed E-state index contributed by atoms with van der Waals surface area (Å²) in [6.45, 7) is 2.35. The Balaban J connectivity index is 0.000000937. The number of anilines is 1. The molecule has 3 aromatic rings. The number of carbonyl (C=O) groups excluding carboxylic acids is 2. The minimum absolute atomic E-state index is 0.165. The molecule has 38 heavy (non-hydrogen) atoms. The largest absolute Gasteiger partial charge is 0.483 e. The molecule has 0 saturated carbocycles. The standard InChI is InChI=1S/C25H23F3N4O2S.CH2O2/c26-25(27,28)15-8-14-2-1-7-31(16-11-29-12-16)23(14)19(9-15)18-5-6-30-20-10-17(35-24(18)20)13-32-21(33)3-4-22(32)34;2-1-3/h5-6,8-10,16,29H,1-4,7,11-13H2;1H,(H,2,3). The average Bonchev–Trinajstić information content (AvgIpc) is 3.40. The van der Waals surface area contributed by atoms with Crippen molar-refractivity contribution in [3.63, 3.8) is 0 Å². The van der Waals surface area contributed by atoms with Gasteiger partial charge in [0.25, 0.3) is 6.47 Å². The summed E-state index contributed by atoms with van der Waals surface area (Å²) in [6.07, 6.45) is -0.980. The molecule has 2 aromatic heterocycles. The molecule has 12 heteroatoms. The lowest BCUT2D eigenvalue weighted by molar-refractivity contribution is -0.139. The van der Waals surface area contributed by atoms with Crippen molar-refractivity contribution in [2.24, 2.45) is 0 Å². The van der Waals surface area contributed by atoms with Gasteiger partial charge in [-0.05, 0) is 42.7 Å². The first-order valence-electron chi connectivity index (χ1n) is 12.2. The van der Waals surface area contributed by atoms with Gasteiger partial charge >= 0.3 is 6.18 Å². The predicted molar refractivity (Wildman–Crippen MR) is 136 cm³/mol. The topological polar surface area (TPSA) is 103 Å². The molecule has 8 nitrogen and oxygen atoms in total. The number of amides is 2. The molecule has 0 unspecified atom stereocenters. The van der Waals surface area contributed by atoms with Gasteiger partial charge in [-0.15, -0.1) is 11.3 Å². The van der Waals surface area contributed by atoms with Crippen LogP contribution in [0.2, 0.25) is 0 Å². The van der Waals surface area contributed by atoms with Crippen LogP contribution in [0, 0.1) is 0 Å². The fourth-order valence-electron chi connectivity index (χ4n) is 5.24. The maximum Gasteiger partial charge on any atom is 0.416 e. The number of imide groups is 1. The molecule has 0 bridgehead atoms. The van der Waals surface area contributed by atoms with E-state index in [0.717, 1.165) is 46.9 Å². The number of carbonyl (C=O) groups is 3. The second kappa shape index (κ2) is 10.3. The number of pyridine rings is 1. The normalized spacial score (nSPS) is 17.8. The number of nitrogens with zero attached hydrogens (tertiary/aromatic N) is 3. The number of thiophene rings is 1. The van der Waals surface area contributed by atoms with Crippen LogP contribution < -0.4 is 10.2 Å². The Hall–Kier alpha value is -3.51. The van der Waals surface area contributed by atoms with Crippen LogP contribution in [0.25, 0.3) is 21.3 Å². The highest BCUT2D eigenvalue weighted by molar-refractivity contribution is 7.19. The number of aryl methyl sites for hydroxylation is 1. The summed E-state index contributed by atoms with van der Waals surface area (Å²) in [5.41, 5.74) is 2.88. The fraction of sp³-hybridized carbons (Fsp3) is 0.385. The van der Waals surface area contributed by atoms with Gasteiger partial charge < -0.3 is 15.3 Å². The van der Waals surface area contributed by atoms with E-state index in [0.29, 0.717) is 23.1 Å². The minimum Gasteiger partial charge on any atom is -0.483 e. The van der Waals surface area contributed by atoms with E-state index in [4.69, 9.17) is 9.90 Å². The van der Waals surface area contributed by atoms with Crippen LogP contribution in [0.4, 0.5) is 18.9 Å². The van der Waals surface area contributed by atoms with E-state index in [1.165, 1.54) is 28.4 Å². The van der Waals surface area contributed by atoms with E-state index in [1.807, 2.05) is 6.07 Å². The Kier molecular flexibility index (Phi) is 7.10. The predicted octanol–water partition coefficient (Wildman–Crippen LogP) is 4.06. The van der Waals surface area contributed by atoms with Gasteiger partial charge in [0.1, 0.15) is 0 Å². The summed E-state index contributed by atoms with van der Waals surface area (Å²) in [7, 11) is 0. The van der Waals surface area contributed by atoms with Crippen LogP contribution in [-0.4, -0.2) is 59.0 Å². The average molecular weight is 547 g/mol. The van der Waals surface area contributed by atoms with E-state index >= 15 is 0 Å². The summed E-state index contributed by atoms with van der Waals surface area (Å²) < 4.78 is 42.5. The van der Waals surface area contributed by atoms with Crippen LogP contribution in [-0.2, 0) is 33.5 Å². The summed E-state index contributed by atoms with van der Waals surface area (Å²) in [5, 5.41) is 10.2. The summed E-state index contributed by atoms with van der Waals surface area (Å²) in [6, 6.07) is 6.44. The van der Waals surface area contributed by atoms with Crippen LogP contribution in [0.1, 0.15) is 35.3 Å². The molecule has 200 valence electrons.